The molecule has 3 heterocycles. The zero-order valence-electron chi connectivity index (χ0n) is 8.59. The second-order valence-corrected chi connectivity index (χ2v) is 4.76. The van der Waals surface area contributed by atoms with Gasteiger partial charge in [0, 0.05) is 35.1 Å². The molecule has 1 aromatic heterocycles. The zero-order valence-corrected chi connectivity index (χ0v) is 8.59. The predicted octanol–water partition coefficient (Wildman–Crippen LogP) is 2.52. The van der Waals surface area contributed by atoms with Crippen molar-refractivity contribution in [1.82, 2.24) is 10.3 Å². The lowest BCUT2D eigenvalue weighted by molar-refractivity contribution is 0.513. The number of fused-ring (bicyclic) bond motifs is 6. The van der Waals surface area contributed by atoms with Crippen LogP contribution in [0.3, 0.4) is 0 Å². The highest BCUT2D eigenvalue weighted by molar-refractivity contribution is 5.85. The van der Waals surface area contributed by atoms with Crippen LogP contribution >= 0.6 is 0 Å². The third kappa shape index (κ3) is 0.975. The van der Waals surface area contributed by atoms with Crippen LogP contribution in [0, 0.1) is 0 Å². The highest BCUT2D eigenvalue weighted by Gasteiger charge is 2.34. The Morgan fingerprint density at radius 3 is 3.07 bits per heavy atom. The van der Waals surface area contributed by atoms with Gasteiger partial charge in [-0.25, -0.2) is 0 Å². The van der Waals surface area contributed by atoms with Crippen molar-refractivity contribution < 1.29 is 0 Å². The smallest absolute Gasteiger partial charge is 0.0459 e. The summed E-state index contributed by atoms with van der Waals surface area (Å²) in [6, 6.07) is 9.99. The summed E-state index contributed by atoms with van der Waals surface area (Å²) in [5.74, 6) is 0. The molecule has 2 aromatic rings. The molecule has 2 aliphatic rings. The number of para-hydroxylation sites is 1. The average molecular weight is 198 g/mol. The third-order valence-corrected chi connectivity index (χ3v) is 3.87. The summed E-state index contributed by atoms with van der Waals surface area (Å²) in [4.78, 5) is 3.58. The molecule has 2 heteroatoms. The molecule has 0 spiro atoms. The number of nitrogens with one attached hydrogen (secondary N) is 2. The van der Waals surface area contributed by atoms with Gasteiger partial charge in [0.25, 0.3) is 0 Å². The van der Waals surface area contributed by atoms with Gasteiger partial charge in [-0.15, -0.1) is 0 Å². The van der Waals surface area contributed by atoms with Crippen molar-refractivity contribution in [2.24, 2.45) is 0 Å². The van der Waals surface area contributed by atoms with Gasteiger partial charge in [0.05, 0.1) is 0 Å². The molecule has 0 saturated carbocycles. The summed E-state index contributed by atoms with van der Waals surface area (Å²) in [6.45, 7) is 0. The first-order valence-corrected chi connectivity index (χ1v) is 5.77. The summed E-state index contributed by atoms with van der Waals surface area (Å²) >= 11 is 0. The average Bonchev–Trinajstić information content (AvgIpc) is 2.80. The van der Waals surface area contributed by atoms with Crippen LogP contribution in [0.2, 0.25) is 0 Å². The van der Waals surface area contributed by atoms with Crippen molar-refractivity contribution in [3.8, 4) is 0 Å². The zero-order chi connectivity index (χ0) is 9.83. The van der Waals surface area contributed by atoms with Crippen LogP contribution in [0.5, 0.6) is 0 Å². The SMILES string of the molecule is c1ccc2c3c([nH]c2c1)C[C@H]1CC[C@H]3N1. The molecule has 2 atom stereocenters. The fraction of sp³-hybridized carbons (Fsp3) is 0.385. The Bertz CT molecular complexity index is 526. The van der Waals surface area contributed by atoms with E-state index < -0.39 is 0 Å². The van der Waals surface area contributed by atoms with Crippen LogP contribution in [0.1, 0.15) is 30.1 Å². The second kappa shape index (κ2) is 2.64. The van der Waals surface area contributed by atoms with Crippen molar-refractivity contribution in [3.05, 3.63) is 35.5 Å². The van der Waals surface area contributed by atoms with E-state index in [9.17, 15) is 0 Å². The molecule has 1 aromatic carbocycles. The lowest BCUT2D eigenvalue weighted by Crippen LogP contribution is -2.31. The van der Waals surface area contributed by atoms with Crippen LogP contribution in [0.4, 0.5) is 0 Å². The quantitative estimate of drug-likeness (QED) is 0.669. The lowest BCUT2D eigenvalue weighted by atomic mass is 9.99. The maximum atomic E-state index is 3.70. The van der Waals surface area contributed by atoms with E-state index in [0.717, 1.165) is 6.04 Å². The van der Waals surface area contributed by atoms with Crippen molar-refractivity contribution in [1.29, 1.82) is 0 Å². The topological polar surface area (TPSA) is 27.8 Å². The van der Waals surface area contributed by atoms with E-state index >= 15 is 0 Å². The first-order valence-electron chi connectivity index (χ1n) is 5.77. The van der Waals surface area contributed by atoms with Crippen LogP contribution in [0.25, 0.3) is 10.9 Å². The molecular formula is C13H14N2. The van der Waals surface area contributed by atoms with Crippen LogP contribution in [-0.2, 0) is 6.42 Å². The van der Waals surface area contributed by atoms with Crippen molar-refractivity contribution in [3.63, 3.8) is 0 Å². The van der Waals surface area contributed by atoms with E-state index in [1.165, 1.54) is 35.9 Å². The van der Waals surface area contributed by atoms with Gasteiger partial charge in [-0.05, 0) is 24.5 Å². The van der Waals surface area contributed by atoms with Gasteiger partial charge in [-0.1, -0.05) is 18.2 Å². The number of hydrogen-bond donors (Lipinski definition) is 2. The van der Waals surface area contributed by atoms with Gasteiger partial charge >= 0.3 is 0 Å². The summed E-state index contributed by atoms with van der Waals surface area (Å²) in [7, 11) is 0. The minimum absolute atomic E-state index is 0.606. The Morgan fingerprint density at radius 2 is 2.07 bits per heavy atom. The second-order valence-electron chi connectivity index (χ2n) is 4.76. The fourth-order valence-electron chi connectivity index (χ4n) is 3.23. The van der Waals surface area contributed by atoms with Gasteiger partial charge in [0.2, 0.25) is 0 Å². The molecule has 0 unspecified atom stereocenters. The van der Waals surface area contributed by atoms with Crippen molar-refractivity contribution in [2.75, 3.05) is 0 Å². The van der Waals surface area contributed by atoms with E-state index in [2.05, 4.69) is 34.6 Å². The molecule has 2 N–H and O–H groups in total. The Kier molecular flexibility index (Phi) is 1.40. The van der Waals surface area contributed by atoms with Crippen molar-refractivity contribution in [2.45, 2.75) is 31.3 Å². The molecule has 1 fully saturated rings. The molecule has 2 aliphatic heterocycles. The summed E-state index contributed by atoms with van der Waals surface area (Å²) < 4.78 is 0. The number of H-pyrrole nitrogens is 1. The van der Waals surface area contributed by atoms with Crippen LogP contribution in [-0.4, -0.2) is 11.0 Å². The molecule has 2 bridgehead atoms. The fourth-order valence-corrected chi connectivity index (χ4v) is 3.23. The number of aromatic amines is 1. The summed E-state index contributed by atoms with van der Waals surface area (Å²) in [5.41, 5.74) is 4.32. The predicted molar refractivity (Wildman–Crippen MR) is 60.9 cm³/mol. The Balaban J connectivity index is 2.05. The highest BCUT2D eigenvalue weighted by Crippen LogP contribution is 2.39. The van der Waals surface area contributed by atoms with Gasteiger partial charge in [0.15, 0.2) is 0 Å². The van der Waals surface area contributed by atoms with E-state index in [4.69, 9.17) is 0 Å². The van der Waals surface area contributed by atoms with Crippen molar-refractivity contribution >= 4 is 10.9 Å². The van der Waals surface area contributed by atoms with Crippen LogP contribution in [0.15, 0.2) is 24.3 Å². The first kappa shape index (κ1) is 7.94. The number of hydrogen-bond acceptors (Lipinski definition) is 1. The largest absolute Gasteiger partial charge is 0.358 e. The Hall–Kier alpha value is -1.28. The first-order chi connectivity index (χ1) is 7.42. The van der Waals surface area contributed by atoms with E-state index in [0.29, 0.717) is 6.04 Å². The van der Waals surface area contributed by atoms with E-state index in [1.807, 2.05) is 0 Å². The number of benzene rings is 1. The van der Waals surface area contributed by atoms with E-state index in [-0.39, 0.29) is 0 Å². The molecule has 0 radical (unpaired) electrons. The lowest BCUT2D eigenvalue weighted by Gasteiger charge is -2.21. The minimum atomic E-state index is 0.606. The molecule has 4 rings (SSSR count). The molecule has 0 amide bonds. The molecule has 76 valence electrons. The Labute approximate surface area is 88.7 Å². The monoisotopic (exact) mass is 198 g/mol. The third-order valence-electron chi connectivity index (χ3n) is 3.87. The van der Waals surface area contributed by atoms with Gasteiger partial charge in [0.1, 0.15) is 0 Å². The van der Waals surface area contributed by atoms with E-state index in [1.54, 1.807) is 5.56 Å². The Morgan fingerprint density at radius 1 is 1.13 bits per heavy atom. The molecule has 2 nitrogen and oxygen atoms in total. The molecule has 15 heavy (non-hydrogen) atoms. The number of aromatic nitrogens is 1. The van der Waals surface area contributed by atoms with Crippen LogP contribution < -0.4 is 5.32 Å². The van der Waals surface area contributed by atoms with Gasteiger partial charge < -0.3 is 10.3 Å². The summed E-state index contributed by atoms with van der Waals surface area (Å²) in [5, 5.41) is 5.13. The standard InChI is InChI=1S/C13H14N2/c1-2-4-10-9(3-1)13-11-6-5-8(14-11)7-12(13)15-10/h1-4,8,11,14-15H,5-7H2/t8-,11-/m1/s1. The summed E-state index contributed by atoms with van der Waals surface area (Å²) in [6.07, 6.45) is 3.82. The maximum Gasteiger partial charge on any atom is 0.0459 e. The molecular weight excluding hydrogens is 184 g/mol. The molecule has 1 saturated heterocycles. The van der Waals surface area contributed by atoms with Gasteiger partial charge in [-0.3, -0.25) is 0 Å². The highest BCUT2D eigenvalue weighted by atomic mass is 15.0. The normalized spacial score (nSPS) is 28.3. The van der Waals surface area contributed by atoms with Gasteiger partial charge in [-0.2, -0.15) is 0 Å². The number of rotatable bonds is 0. The maximum absolute atomic E-state index is 3.70. The molecule has 0 aliphatic carbocycles. The minimum Gasteiger partial charge on any atom is -0.358 e.